The van der Waals surface area contributed by atoms with E-state index in [0.717, 1.165) is 6.92 Å². The minimum absolute atomic E-state index is 0.411. The highest BCUT2D eigenvalue weighted by Crippen LogP contribution is 2.64. The summed E-state index contributed by atoms with van der Waals surface area (Å²) in [6.45, 7) is 4.82. The van der Waals surface area contributed by atoms with E-state index in [2.05, 4.69) is 0 Å². The van der Waals surface area contributed by atoms with Crippen LogP contribution in [0.3, 0.4) is 0 Å². The van der Waals surface area contributed by atoms with E-state index < -0.39 is 10.7 Å². The van der Waals surface area contributed by atoms with E-state index in [1.807, 2.05) is 0 Å². The molecule has 74 valence electrons. The Kier molecular flexibility index (Phi) is 5.23. The molecular weight excluding hydrogens is 221 g/mol. The smallest absolute Gasteiger partial charge is 0.297 e. The van der Waals surface area contributed by atoms with E-state index in [-0.39, 0.29) is 0 Å². The lowest BCUT2D eigenvalue weighted by molar-refractivity contribution is 0.130. The zero-order valence-corrected chi connectivity index (χ0v) is 9.87. The van der Waals surface area contributed by atoms with Crippen molar-refractivity contribution < 1.29 is 13.3 Å². The Bertz CT molecular complexity index is 181. The second kappa shape index (κ2) is 4.89. The maximum absolute atomic E-state index is 12.6. The minimum atomic E-state index is -2.78. The Labute approximate surface area is 81.1 Å². The summed E-state index contributed by atoms with van der Waals surface area (Å²) in [5, 5.41) is -2.78. The molecule has 1 atom stereocenters. The van der Waals surface area contributed by atoms with Crippen LogP contribution in [0.15, 0.2) is 0 Å². The van der Waals surface area contributed by atoms with Gasteiger partial charge in [0.15, 0.2) is 0 Å². The Morgan fingerprint density at radius 3 is 2.25 bits per heavy atom. The first kappa shape index (κ1) is 12.8. The van der Waals surface area contributed by atoms with Crippen molar-refractivity contribution in [3.63, 3.8) is 0 Å². The van der Waals surface area contributed by atoms with E-state index in [4.69, 9.17) is 16.3 Å². The van der Waals surface area contributed by atoms with E-state index in [1.165, 1.54) is 0 Å². The Balaban J connectivity index is 4.25. The molecule has 0 aromatic carbocycles. The van der Waals surface area contributed by atoms with Crippen LogP contribution >= 0.6 is 16.8 Å². The van der Waals surface area contributed by atoms with Crippen molar-refractivity contribution in [1.82, 2.24) is 0 Å². The molecule has 0 rings (SSSR count). The maximum atomic E-state index is 12.6. The van der Waals surface area contributed by atoms with Crippen LogP contribution in [0.2, 0.25) is 0 Å². The fourth-order valence-corrected chi connectivity index (χ4v) is 5.69. The predicted octanol–water partition coefficient (Wildman–Crippen LogP) is 3.70. The first-order chi connectivity index (χ1) is 5.33. The van der Waals surface area contributed by atoms with Crippen molar-refractivity contribution in [2.75, 3.05) is 12.8 Å². The van der Waals surface area contributed by atoms with Crippen LogP contribution in [-0.2, 0) is 16.3 Å². The molecule has 1 unspecified atom stereocenters. The third kappa shape index (κ3) is 5.46. The summed E-state index contributed by atoms with van der Waals surface area (Å²) in [6.07, 6.45) is 0.504. The Hall–Kier alpha value is 0.820. The zero-order valence-electron chi connectivity index (χ0n) is 7.34. The van der Waals surface area contributed by atoms with E-state index >= 15 is 0 Å². The van der Waals surface area contributed by atoms with E-state index in [0.29, 0.717) is 24.2 Å². The molecule has 0 aliphatic carbocycles. The second-order valence-electron chi connectivity index (χ2n) is 2.24. The quantitative estimate of drug-likeness (QED) is 0.671. The van der Waals surface area contributed by atoms with Crippen LogP contribution in [0, 0.1) is 0 Å². The van der Waals surface area contributed by atoms with Gasteiger partial charge in [-0.15, -0.1) is 0 Å². The fraction of sp³-hybridized carbons (Fsp3) is 1.00. The van der Waals surface area contributed by atoms with E-state index in [1.54, 1.807) is 13.8 Å². The van der Waals surface area contributed by atoms with Crippen LogP contribution in [0.5, 0.6) is 0 Å². The second-order valence-corrected chi connectivity index (χ2v) is 10.0. The molecule has 0 bridgehead atoms. The SMILES string of the molecule is CCOP(=S)(CC)SC(C)(F)F. The van der Waals surface area contributed by atoms with E-state index in [9.17, 15) is 8.78 Å². The van der Waals surface area contributed by atoms with Crippen LogP contribution < -0.4 is 0 Å². The van der Waals surface area contributed by atoms with Crippen molar-refractivity contribution in [2.45, 2.75) is 26.0 Å². The van der Waals surface area contributed by atoms with Crippen molar-refractivity contribution in [3.8, 4) is 0 Å². The monoisotopic (exact) mass is 234 g/mol. The van der Waals surface area contributed by atoms with Gasteiger partial charge in [-0.2, -0.15) is 8.78 Å². The van der Waals surface area contributed by atoms with Crippen molar-refractivity contribution in [1.29, 1.82) is 0 Å². The highest BCUT2D eigenvalue weighted by atomic mass is 32.9. The molecule has 0 saturated heterocycles. The summed E-state index contributed by atoms with van der Waals surface area (Å²) in [7, 11) is 0. The molecule has 0 fully saturated rings. The predicted molar refractivity (Wildman–Crippen MR) is 54.7 cm³/mol. The summed E-state index contributed by atoms with van der Waals surface area (Å²) in [6, 6.07) is 0. The van der Waals surface area contributed by atoms with Crippen LogP contribution in [0.1, 0.15) is 20.8 Å². The highest BCUT2D eigenvalue weighted by Gasteiger charge is 2.31. The van der Waals surface area contributed by atoms with Gasteiger partial charge >= 0.3 is 0 Å². The van der Waals surface area contributed by atoms with Crippen molar-refractivity contribution >= 4 is 28.7 Å². The van der Waals surface area contributed by atoms with Gasteiger partial charge in [-0.3, -0.25) is 0 Å². The molecule has 0 heterocycles. The average molecular weight is 234 g/mol. The lowest BCUT2D eigenvalue weighted by Crippen LogP contribution is -2.03. The van der Waals surface area contributed by atoms with Crippen LogP contribution in [-0.4, -0.2) is 18.0 Å². The summed E-state index contributed by atoms with van der Waals surface area (Å²) < 4.78 is 30.3. The summed E-state index contributed by atoms with van der Waals surface area (Å²) in [4.78, 5) is 0. The van der Waals surface area contributed by atoms with Crippen LogP contribution in [0.25, 0.3) is 0 Å². The molecule has 0 aromatic rings. The number of hydrogen-bond acceptors (Lipinski definition) is 3. The first-order valence-corrected chi connectivity index (χ1v) is 7.98. The minimum Gasteiger partial charge on any atom is -0.341 e. The van der Waals surface area contributed by atoms with Crippen LogP contribution in [0.4, 0.5) is 8.78 Å². The standard InChI is InChI=1S/C6H13F2OPS2/c1-4-9-10(11,5-2)12-6(3,7)8/h4-5H2,1-3H3. The first-order valence-electron chi connectivity index (χ1n) is 3.65. The van der Waals surface area contributed by atoms with Gasteiger partial charge in [-0.25, -0.2) is 0 Å². The maximum Gasteiger partial charge on any atom is 0.297 e. The number of rotatable bonds is 5. The Morgan fingerprint density at radius 1 is 1.50 bits per heavy atom. The molecule has 12 heavy (non-hydrogen) atoms. The average Bonchev–Trinajstić information content (AvgIpc) is 1.84. The summed E-state index contributed by atoms with van der Waals surface area (Å²) in [5.74, 6) is 0. The van der Waals surface area contributed by atoms with Crippen molar-refractivity contribution in [3.05, 3.63) is 0 Å². The number of halogens is 2. The third-order valence-electron chi connectivity index (χ3n) is 1.01. The van der Waals surface area contributed by atoms with Gasteiger partial charge < -0.3 is 4.52 Å². The van der Waals surface area contributed by atoms with Gasteiger partial charge in [0.2, 0.25) is 0 Å². The van der Waals surface area contributed by atoms with Crippen molar-refractivity contribution in [2.24, 2.45) is 0 Å². The largest absolute Gasteiger partial charge is 0.341 e. The molecule has 1 nitrogen and oxygen atoms in total. The van der Waals surface area contributed by atoms with Gasteiger partial charge in [0.05, 0.1) is 0 Å². The molecule has 0 aliphatic rings. The van der Waals surface area contributed by atoms with Gasteiger partial charge in [-0.05, 0) is 18.3 Å². The lowest BCUT2D eigenvalue weighted by atomic mass is 10.9. The lowest BCUT2D eigenvalue weighted by Gasteiger charge is -2.22. The molecule has 0 N–H and O–H groups in total. The third-order valence-corrected chi connectivity index (χ3v) is 7.69. The normalized spacial score (nSPS) is 17.4. The molecule has 0 aliphatic heterocycles. The molecule has 0 radical (unpaired) electrons. The van der Waals surface area contributed by atoms with Gasteiger partial charge in [-0.1, -0.05) is 18.7 Å². The summed E-state index contributed by atoms with van der Waals surface area (Å²) in [5.41, 5.74) is -2.32. The molecular formula is C6H13F2OPS2. The zero-order chi connectivity index (χ0) is 9.83. The molecule has 0 amide bonds. The number of alkyl halides is 2. The highest BCUT2D eigenvalue weighted by molar-refractivity contribution is 8.69. The van der Waals surface area contributed by atoms with Gasteiger partial charge in [0.1, 0.15) is 5.47 Å². The molecule has 0 spiro atoms. The van der Waals surface area contributed by atoms with Gasteiger partial charge in [0, 0.05) is 19.7 Å². The molecule has 6 heteroatoms. The molecule has 0 aromatic heterocycles. The summed E-state index contributed by atoms with van der Waals surface area (Å²) >= 11 is 5.52. The molecule has 0 saturated carbocycles. The Morgan fingerprint density at radius 2 is 2.00 bits per heavy atom. The van der Waals surface area contributed by atoms with Gasteiger partial charge in [0.25, 0.3) is 5.25 Å². The number of hydrogen-bond donors (Lipinski definition) is 0. The topological polar surface area (TPSA) is 9.23 Å². The fourth-order valence-electron chi connectivity index (χ4n) is 0.623.